The summed E-state index contributed by atoms with van der Waals surface area (Å²) < 4.78 is 3.87. The van der Waals surface area contributed by atoms with Crippen molar-refractivity contribution in [1.82, 2.24) is 0 Å². The average molecular weight is 118 g/mol. The van der Waals surface area contributed by atoms with E-state index in [4.69, 9.17) is 5.11 Å². The lowest BCUT2D eigenvalue weighted by molar-refractivity contribution is -0.120. The molecule has 46 valence electrons. The molecule has 4 heteroatoms. The summed E-state index contributed by atoms with van der Waals surface area (Å²) in [5, 5.41) is 7.79. The Morgan fingerprint density at radius 1 is 1.62 bits per heavy atom. The fourth-order valence-electron chi connectivity index (χ4n) is 0.163. The number of Topliss-reactive ketones (excluding diaryl/α,β-unsaturated/α-hetero) is 1. The first-order chi connectivity index (χ1) is 3.63. The third-order valence-electron chi connectivity index (χ3n) is 0.399. The van der Waals surface area contributed by atoms with Crippen molar-refractivity contribution >= 4 is 11.9 Å². The van der Waals surface area contributed by atoms with E-state index in [1.807, 2.05) is 0 Å². The van der Waals surface area contributed by atoms with Crippen LogP contribution in [0.15, 0.2) is 0 Å². The first kappa shape index (κ1) is 6.94. The molecule has 0 bridgehead atoms. The van der Waals surface area contributed by atoms with Crippen LogP contribution >= 0.6 is 0 Å². The number of rotatable bonds is 2. The van der Waals surface area contributed by atoms with Crippen LogP contribution in [0.25, 0.3) is 0 Å². The molecule has 0 aliphatic carbocycles. The van der Waals surface area contributed by atoms with Crippen LogP contribution in [-0.4, -0.2) is 23.7 Å². The van der Waals surface area contributed by atoms with Crippen molar-refractivity contribution in [3.05, 3.63) is 0 Å². The van der Waals surface area contributed by atoms with Gasteiger partial charge in [-0.3, -0.25) is 4.79 Å². The lowest BCUT2D eigenvalue weighted by Crippen LogP contribution is -2.08. The van der Waals surface area contributed by atoms with Gasteiger partial charge in [-0.2, -0.15) is 0 Å². The molecular weight excluding hydrogens is 112 g/mol. The SMILES string of the molecule is CC(=O)COC(=O)O. The topological polar surface area (TPSA) is 63.6 Å². The number of ketones is 1. The van der Waals surface area contributed by atoms with Gasteiger partial charge >= 0.3 is 6.16 Å². The van der Waals surface area contributed by atoms with Gasteiger partial charge in [-0.25, -0.2) is 4.79 Å². The number of ether oxygens (including phenoxy) is 1. The fourth-order valence-corrected chi connectivity index (χ4v) is 0.163. The number of hydrogen-bond acceptors (Lipinski definition) is 3. The molecular formula is C4H6O4. The first-order valence-electron chi connectivity index (χ1n) is 1.98. The zero-order valence-corrected chi connectivity index (χ0v) is 4.38. The minimum absolute atomic E-state index is 0.299. The largest absolute Gasteiger partial charge is 0.506 e. The van der Waals surface area contributed by atoms with Crippen molar-refractivity contribution in [3.8, 4) is 0 Å². The number of carbonyl (C=O) groups excluding carboxylic acids is 1. The highest BCUT2D eigenvalue weighted by atomic mass is 16.7. The Labute approximate surface area is 46.1 Å². The van der Waals surface area contributed by atoms with E-state index >= 15 is 0 Å². The summed E-state index contributed by atoms with van der Waals surface area (Å²) in [6.07, 6.45) is -1.42. The van der Waals surface area contributed by atoms with Gasteiger partial charge in [-0.05, 0) is 6.92 Å². The standard InChI is InChI=1S/C4H6O4/c1-3(5)2-8-4(6)7/h2H2,1H3,(H,6,7). The van der Waals surface area contributed by atoms with E-state index in [1.54, 1.807) is 0 Å². The molecule has 0 atom stereocenters. The maximum atomic E-state index is 9.96. The third-order valence-corrected chi connectivity index (χ3v) is 0.399. The molecule has 0 saturated carbocycles. The zero-order valence-electron chi connectivity index (χ0n) is 4.38. The van der Waals surface area contributed by atoms with Crippen LogP contribution < -0.4 is 0 Å². The number of carboxylic acid groups (broad SMARTS) is 1. The lowest BCUT2D eigenvalue weighted by atomic mass is 10.5. The maximum Gasteiger partial charge on any atom is 0.506 e. The molecule has 0 aliphatic rings. The van der Waals surface area contributed by atoms with Gasteiger partial charge in [0.2, 0.25) is 0 Å². The Morgan fingerprint density at radius 2 is 2.12 bits per heavy atom. The van der Waals surface area contributed by atoms with Crippen LogP contribution in [0.2, 0.25) is 0 Å². The summed E-state index contributed by atoms with van der Waals surface area (Å²) in [5.74, 6) is -0.299. The predicted octanol–water partition coefficient (Wildman–Crippen LogP) is 0.270. The third kappa shape index (κ3) is 4.94. The normalized spacial score (nSPS) is 8.12. The summed E-state index contributed by atoms with van der Waals surface area (Å²) in [7, 11) is 0. The summed E-state index contributed by atoms with van der Waals surface area (Å²) in [6.45, 7) is 0.901. The van der Waals surface area contributed by atoms with Crippen molar-refractivity contribution in [1.29, 1.82) is 0 Å². The minimum atomic E-state index is -1.42. The zero-order chi connectivity index (χ0) is 6.57. The van der Waals surface area contributed by atoms with E-state index in [9.17, 15) is 9.59 Å². The van der Waals surface area contributed by atoms with Gasteiger partial charge in [-0.1, -0.05) is 0 Å². The van der Waals surface area contributed by atoms with E-state index < -0.39 is 6.16 Å². The van der Waals surface area contributed by atoms with Crippen molar-refractivity contribution in [2.75, 3.05) is 6.61 Å². The smallest absolute Gasteiger partial charge is 0.450 e. The minimum Gasteiger partial charge on any atom is -0.450 e. The van der Waals surface area contributed by atoms with Crippen molar-refractivity contribution < 1.29 is 19.4 Å². The maximum absolute atomic E-state index is 9.96. The monoisotopic (exact) mass is 118 g/mol. The van der Waals surface area contributed by atoms with E-state index in [0.29, 0.717) is 0 Å². The molecule has 0 rings (SSSR count). The predicted molar refractivity (Wildman–Crippen MR) is 24.7 cm³/mol. The van der Waals surface area contributed by atoms with Gasteiger partial charge < -0.3 is 9.84 Å². The van der Waals surface area contributed by atoms with Gasteiger partial charge in [0.25, 0.3) is 0 Å². The molecule has 0 aromatic heterocycles. The summed E-state index contributed by atoms with van der Waals surface area (Å²) in [6, 6.07) is 0. The second kappa shape index (κ2) is 3.01. The fraction of sp³-hybridized carbons (Fsp3) is 0.500. The van der Waals surface area contributed by atoms with E-state index in [2.05, 4.69) is 4.74 Å². The molecule has 1 N–H and O–H groups in total. The van der Waals surface area contributed by atoms with Crippen molar-refractivity contribution in [2.24, 2.45) is 0 Å². The molecule has 0 aromatic carbocycles. The lowest BCUT2D eigenvalue weighted by Gasteiger charge is -1.91. The Hall–Kier alpha value is -1.06. The Balaban J connectivity index is 3.18. The van der Waals surface area contributed by atoms with Crippen LogP contribution in [0.5, 0.6) is 0 Å². The second-order valence-electron chi connectivity index (χ2n) is 1.26. The Morgan fingerprint density at radius 3 is 2.25 bits per heavy atom. The Bertz CT molecular complexity index is 92.6. The molecule has 0 spiro atoms. The van der Waals surface area contributed by atoms with E-state index in [0.717, 1.165) is 0 Å². The van der Waals surface area contributed by atoms with Gasteiger partial charge in [0.1, 0.15) is 0 Å². The quantitative estimate of drug-likeness (QED) is 0.528. The van der Waals surface area contributed by atoms with Gasteiger partial charge in [0.15, 0.2) is 12.4 Å². The van der Waals surface area contributed by atoms with E-state index in [-0.39, 0.29) is 12.4 Å². The molecule has 4 nitrogen and oxygen atoms in total. The van der Waals surface area contributed by atoms with Crippen molar-refractivity contribution in [2.45, 2.75) is 6.92 Å². The first-order valence-corrected chi connectivity index (χ1v) is 1.98. The molecule has 0 aromatic rings. The average Bonchev–Trinajstić information content (AvgIpc) is 1.61. The van der Waals surface area contributed by atoms with Gasteiger partial charge in [0.05, 0.1) is 0 Å². The van der Waals surface area contributed by atoms with Crippen LogP contribution in [0.3, 0.4) is 0 Å². The molecule has 0 aliphatic heterocycles. The second-order valence-corrected chi connectivity index (χ2v) is 1.26. The van der Waals surface area contributed by atoms with Crippen LogP contribution in [0.4, 0.5) is 4.79 Å². The number of carbonyl (C=O) groups is 2. The van der Waals surface area contributed by atoms with Gasteiger partial charge in [-0.15, -0.1) is 0 Å². The molecule has 0 saturated heterocycles. The summed E-state index contributed by atoms with van der Waals surface area (Å²) in [4.78, 5) is 19.5. The molecule has 0 amide bonds. The molecule has 0 fully saturated rings. The highest BCUT2D eigenvalue weighted by Crippen LogP contribution is 1.75. The highest BCUT2D eigenvalue weighted by Gasteiger charge is 1.96. The number of hydrogen-bond donors (Lipinski definition) is 1. The van der Waals surface area contributed by atoms with Crippen LogP contribution in [0.1, 0.15) is 6.92 Å². The van der Waals surface area contributed by atoms with Crippen LogP contribution in [0, 0.1) is 0 Å². The summed E-state index contributed by atoms with van der Waals surface area (Å²) in [5.41, 5.74) is 0. The summed E-state index contributed by atoms with van der Waals surface area (Å²) >= 11 is 0. The molecule has 0 heterocycles. The van der Waals surface area contributed by atoms with Gasteiger partial charge in [0, 0.05) is 0 Å². The van der Waals surface area contributed by atoms with Crippen LogP contribution in [-0.2, 0) is 9.53 Å². The molecule has 0 radical (unpaired) electrons. The molecule has 8 heavy (non-hydrogen) atoms. The van der Waals surface area contributed by atoms with Crippen molar-refractivity contribution in [3.63, 3.8) is 0 Å². The Kier molecular flexibility index (Phi) is 2.61. The van der Waals surface area contributed by atoms with E-state index in [1.165, 1.54) is 6.92 Å². The highest BCUT2D eigenvalue weighted by molar-refractivity contribution is 5.78. The molecule has 0 unspecified atom stereocenters.